The van der Waals surface area contributed by atoms with E-state index in [2.05, 4.69) is 52.6 Å². The van der Waals surface area contributed by atoms with Crippen LogP contribution in [0.1, 0.15) is 42.6 Å². The van der Waals surface area contributed by atoms with Gasteiger partial charge in [-0.3, -0.25) is 0 Å². The van der Waals surface area contributed by atoms with Gasteiger partial charge >= 0.3 is 5.97 Å². The third kappa shape index (κ3) is 2.54. The summed E-state index contributed by atoms with van der Waals surface area (Å²) in [6, 6.07) is 16.3. The van der Waals surface area contributed by atoms with Gasteiger partial charge in [-0.1, -0.05) is 37.0 Å². The van der Waals surface area contributed by atoms with Crippen LogP contribution < -0.4 is 4.74 Å². The Morgan fingerprint density at radius 3 is 2.69 bits per heavy atom. The zero-order chi connectivity index (χ0) is 24.7. The van der Waals surface area contributed by atoms with E-state index in [1.807, 2.05) is 30.3 Å². The van der Waals surface area contributed by atoms with Crippen molar-refractivity contribution >= 4 is 16.9 Å². The van der Waals surface area contributed by atoms with Crippen molar-refractivity contribution in [2.45, 2.75) is 44.1 Å². The molecule has 1 aromatic heterocycles. The molecule has 0 amide bonds. The van der Waals surface area contributed by atoms with Gasteiger partial charge in [-0.15, -0.1) is 0 Å². The van der Waals surface area contributed by atoms with Crippen molar-refractivity contribution in [3.05, 3.63) is 77.1 Å². The lowest BCUT2D eigenvalue weighted by Gasteiger charge is -2.53. The number of methoxy groups -OCH3 is 2. The summed E-state index contributed by atoms with van der Waals surface area (Å²) in [7, 11) is 3.11. The van der Waals surface area contributed by atoms with E-state index in [9.17, 15) is 4.79 Å². The molecular formula is C30H28N2O4. The highest BCUT2D eigenvalue weighted by Gasteiger charge is 2.71. The fourth-order valence-electron chi connectivity index (χ4n) is 7.21. The van der Waals surface area contributed by atoms with Gasteiger partial charge in [0.2, 0.25) is 5.72 Å². The molecule has 2 bridgehead atoms. The summed E-state index contributed by atoms with van der Waals surface area (Å²) in [4.78, 5) is 16.1. The van der Waals surface area contributed by atoms with Crippen molar-refractivity contribution in [1.29, 1.82) is 0 Å². The number of fused-ring (bicyclic) bond motifs is 5. The minimum Gasteiger partial charge on any atom is -0.497 e. The van der Waals surface area contributed by atoms with Crippen LogP contribution in [-0.2, 0) is 26.4 Å². The van der Waals surface area contributed by atoms with Crippen LogP contribution in [-0.4, -0.2) is 42.3 Å². The molecule has 6 nitrogen and oxygen atoms in total. The van der Waals surface area contributed by atoms with E-state index in [1.165, 1.54) is 23.8 Å². The van der Waals surface area contributed by atoms with Gasteiger partial charge in [0.1, 0.15) is 11.9 Å². The zero-order valence-electron chi connectivity index (χ0n) is 20.7. The number of hydrogen-bond donors (Lipinski definition) is 0. The van der Waals surface area contributed by atoms with Crippen LogP contribution in [0, 0.1) is 17.3 Å². The Morgan fingerprint density at radius 2 is 1.94 bits per heavy atom. The first-order valence-corrected chi connectivity index (χ1v) is 12.6. The number of nitrogens with zero attached hydrogens (tertiary/aromatic N) is 2. The number of para-hydroxylation sites is 1. The Kier molecular flexibility index (Phi) is 4.44. The predicted molar refractivity (Wildman–Crippen MR) is 135 cm³/mol. The highest BCUT2D eigenvalue weighted by Crippen LogP contribution is 2.67. The van der Waals surface area contributed by atoms with Crippen molar-refractivity contribution in [3.63, 3.8) is 0 Å². The van der Waals surface area contributed by atoms with Crippen LogP contribution in [0.5, 0.6) is 5.75 Å². The van der Waals surface area contributed by atoms with Crippen LogP contribution in [0.3, 0.4) is 0 Å². The molecule has 0 aliphatic carbocycles. The number of carbonyl (C=O) groups is 1. The van der Waals surface area contributed by atoms with E-state index in [1.54, 1.807) is 7.11 Å². The Bertz CT molecular complexity index is 1510. The molecule has 1 fully saturated rings. The highest BCUT2D eigenvalue weighted by molar-refractivity contribution is 5.90. The monoisotopic (exact) mass is 480 g/mol. The summed E-state index contributed by atoms with van der Waals surface area (Å²) < 4.78 is 19.8. The van der Waals surface area contributed by atoms with Gasteiger partial charge in [0, 0.05) is 46.8 Å². The molecule has 5 heterocycles. The van der Waals surface area contributed by atoms with E-state index in [0.717, 1.165) is 41.8 Å². The SMILES string of the molecule is CC[C@@]12C[C@@]3(C(=O)OC)O[C@@H]1C(C#Cc1ccc(OC)cc1)=CN1CCc4c(n3c3ccccc43)[C@@H]12. The first-order valence-electron chi connectivity index (χ1n) is 12.6. The lowest BCUT2D eigenvalue weighted by Crippen LogP contribution is -2.55. The first kappa shape index (κ1) is 21.6. The van der Waals surface area contributed by atoms with Gasteiger partial charge in [0.15, 0.2) is 0 Å². The average molecular weight is 481 g/mol. The van der Waals surface area contributed by atoms with E-state index in [0.29, 0.717) is 6.42 Å². The smallest absolute Gasteiger partial charge is 0.360 e. The van der Waals surface area contributed by atoms with Gasteiger partial charge in [0.25, 0.3) is 0 Å². The minimum atomic E-state index is -1.20. The lowest BCUT2D eigenvalue weighted by atomic mass is 9.62. The van der Waals surface area contributed by atoms with Crippen LogP contribution in [0.4, 0.5) is 0 Å². The van der Waals surface area contributed by atoms with Crippen LogP contribution >= 0.6 is 0 Å². The number of ether oxygens (including phenoxy) is 3. The fraction of sp³-hybridized carbons (Fsp3) is 0.367. The third-order valence-corrected chi connectivity index (χ3v) is 8.73. The number of hydrogen-bond acceptors (Lipinski definition) is 5. The molecule has 36 heavy (non-hydrogen) atoms. The molecule has 0 unspecified atom stereocenters. The quantitative estimate of drug-likeness (QED) is 0.408. The summed E-state index contributed by atoms with van der Waals surface area (Å²) >= 11 is 0. The molecule has 182 valence electrons. The molecule has 4 aliphatic rings. The molecule has 1 saturated heterocycles. The number of esters is 1. The maximum atomic E-state index is 13.6. The summed E-state index contributed by atoms with van der Waals surface area (Å²) in [5.41, 5.74) is 3.95. The Hall–Kier alpha value is -3.69. The topological polar surface area (TPSA) is 52.9 Å². The van der Waals surface area contributed by atoms with Gasteiger partial charge in [-0.05, 0) is 48.7 Å². The molecule has 0 N–H and O–H groups in total. The van der Waals surface area contributed by atoms with Gasteiger partial charge in [0.05, 0.1) is 25.8 Å². The highest BCUT2D eigenvalue weighted by atomic mass is 16.6. The average Bonchev–Trinajstić information content (AvgIpc) is 3.44. The number of benzene rings is 2. The second-order valence-corrected chi connectivity index (χ2v) is 10.2. The fourth-order valence-corrected chi connectivity index (χ4v) is 7.21. The first-order chi connectivity index (χ1) is 17.6. The summed E-state index contributed by atoms with van der Waals surface area (Å²) in [6.07, 6.45) is 4.25. The molecule has 3 aromatic rings. The Labute approximate surface area is 210 Å². The van der Waals surface area contributed by atoms with Gasteiger partial charge < -0.3 is 23.7 Å². The Balaban J connectivity index is 1.45. The molecule has 6 heteroatoms. The molecule has 0 radical (unpaired) electrons. The summed E-state index contributed by atoms with van der Waals surface area (Å²) in [6.45, 7) is 3.13. The molecule has 0 spiro atoms. The summed E-state index contributed by atoms with van der Waals surface area (Å²) in [5.74, 6) is 7.22. The van der Waals surface area contributed by atoms with E-state index in [-0.39, 0.29) is 23.5 Å². The van der Waals surface area contributed by atoms with Crippen LogP contribution in [0.25, 0.3) is 10.9 Å². The lowest BCUT2D eigenvalue weighted by molar-refractivity contribution is -0.180. The maximum absolute atomic E-state index is 13.6. The molecule has 4 atom stereocenters. The Morgan fingerprint density at radius 1 is 1.14 bits per heavy atom. The minimum absolute atomic E-state index is 0.135. The largest absolute Gasteiger partial charge is 0.497 e. The molecular weight excluding hydrogens is 452 g/mol. The normalized spacial score (nSPS) is 28.9. The standard InChI is InChI=1S/C30H28N2O4/c1-4-29-18-30(28(33)35-3)32-24-8-6-5-7-22(24)23-15-16-31(26(29)25(23)32)17-20(27(29)36-30)12-9-19-10-13-21(34-2)14-11-19/h5-8,10-11,13-14,17,26-27H,4,15-16,18H2,1-3H3/t26-,27-,29+,30+/m1/s1. The number of rotatable bonds is 3. The van der Waals surface area contributed by atoms with Crippen molar-refractivity contribution < 1.29 is 19.0 Å². The second-order valence-electron chi connectivity index (χ2n) is 10.2. The van der Waals surface area contributed by atoms with E-state index >= 15 is 0 Å². The van der Waals surface area contributed by atoms with Crippen molar-refractivity contribution in [2.24, 2.45) is 5.41 Å². The van der Waals surface area contributed by atoms with Crippen LogP contribution in [0.15, 0.2) is 60.3 Å². The number of carbonyl (C=O) groups excluding carboxylic acids is 1. The zero-order valence-corrected chi connectivity index (χ0v) is 20.7. The second kappa shape index (κ2) is 7.41. The van der Waals surface area contributed by atoms with Crippen molar-refractivity contribution in [3.8, 4) is 17.6 Å². The predicted octanol–water partition coefficient (Wildman–Crippen LogP) is 4.52. The molecule has 4 aliphatic heterocycles. The maximum Gasteiger partial charge on any atom is 0.360 e. The van der Waals surface area contributed by atoms with E-state index < -0.39 is 5.72 Å². The van der Waals surface area contributed by atoms with Crippen LogP contribution in [0.2, 0.25) is 0 Å². The molecule has 7 rings (SSSR count). The van der Waals surface area contributed by atoms with Gasteiger partial charge in [-0.25, -0.2) is 4.79 Å². The third-order valence-electron chi connectivity index (χ3n) is 8.73. The van der Waals surface area contributed by atoms with Crippen molar-refractivity contribution in [1.82, 2.24) is 9.47 Å². The van der Waals surface area contributed by atoms with E-state index in [4.69, 9.17) is 14.2 Å². The van der Waals surface area contributed by atoms with Gasteiger partial charge in [-0.2, -0.15) is 0 Å². The molecule has 2 aromatic carbocycles. The molecule has 0 saturated carbocycles. The number of aromatic nitrogens is 1. The van der Waals surface area contributed by atoms with Crippen molar-refractivity contribution in [2.75, 3.05) is 20.8 Å². The summed E-state index contributed by atoms with van der Waals surface area (Å²) in [5, 5.41) is 1.21.